The minimum absolute atomic E-state index is 0.258. The van der Waals surface area contributed by atoms with Gasteiger partial charge in [0.1, 0.15) is 12.2 Å². The van der Waals surface area contributed by atoms with Crippen LogP contribution in [-0.4, -0.2) is 35.6 Å². The highest BCUT2D eigenvalue weighted by atomic mass is 16.1. The second-order valence-corrected chi connectivity index (χ2v) is 5.17. The fourth-order valence-electron chi connectivity index (χ4n) is 2.29. The van der Waals surface area contributed by atoms with Crippen molar-refractivity contribution in [2.24, 2.45) is 0 Å². The van der Waals surface area contributed by atoms with E-state index in [1.165, 1.54) is 18.7 Å². The van der Waals surface area contributed by atoms with Crippen LogP contribution in [0.3, 0.4) is 0 Å². The number of amides is 1. The fraction of sp³-hybridized carbons (Fsp3) is 0.250. The first-order valence-corrected chi connectivity index (χ1v) is 7.60. The van der Waals surface area contributed by atoms with E-state index >= 15 is 0 Å². The van der Waals surface area contributed by atoms with Crippen LogP contribution in [0.1, 0.15) is 36.1 Å². The van der Waals surface area contributed by atoms with Gasteiger partial charge in [-0.1, -0.05) is 0 Å². The summed E-state index contributed by atoms with van der Waals surface area (Å²) in [4.78, 5) is 29.0. The molecule has 8 nitrogen and oxygen atoms in total. The molecular formula is C16H17N7O. The number of hydrogen-bond acceptors (Lipinski definition) is 6. The van der Waals surface area contributed by atoms with Crippen molar-refractivity contribution in [2.75, 3.05) is 0 Å². The number of carbonyl (C=O) groups excluding carboxylic acids is 1. The Morgan fingerprint density at radius 2 is 2.04 bits per heavy atom. The van der Waals surface area contributed by atoms with E-state index in [-0.39, 0.29) is 11.9 Å². The molecule has 3 aromatic heterocycles. The average Bonchev–Trinajstić information content (AvgIpc) is 3.11. The van der Waals surface area contributed by atoms with Crippen molar-refractivity contribution in [1.29, 1.82) is 0 Å². The molecule has 0 saturated heterocycles. The summed E-state index contributed by atoms with van der Waals surface area (Å²) in [5, 5.41) is 6.98. The molecule has 1 atom stereocenters. The molecule has 0 saturated carbocycles. The Labute approximate surface area is 139 Å². The van der Waals surface area contributed by atoms with Crippen LogP contribution >= 0.6 is 0 Å². The Kier molecular flexibility index (Phi) is 4.55. The largest absolute Gasteiger partial charge is 0.342 e. The van der Waals surface area contributed by atoms with E-state index in [1.807, 2.05) is 26.0 Å². The molecule has 3 rings (SSSR count). The van der Waals surface area contributed by atoms with Crippen molar-refractivity contribution in [3.63, 3.8) is 0 Å². The number of carbonyl (C=O) groups is 1. The minimum atomic E-state index is -0.266. The molecule has 0 bridgehead atoms. The van der Waals surface area contributed by atoms with Crippen molar-refractivity contribution >= 4 is 5.91 Å². The third kappa shape index (κ3) is 3.27. The first kappa shape index (κ1) is 15.7. The third-order valence-corrected chi connectivity index (χ3v) is 3.51. The molecular weight excluding hydrogens is 306 g/mol. The van der Waals surface area contributed by atoms with E-state index < -0.39 is 0 Å². The zero-order valence-corrected chi connectivity index (χ0v) is 13.4. The first-order chi connectivity index (χ1) is 11.7. The summed E-state index contributed by atoms with van der Waals surface area (Å²) in [7, 11) is 0. The maximum atomic E-state index is 12.3. The highest BCUT2D eigenvalue weighted by molar-refractivity contribution is 5.93. The standard InChI is InChI=1S/C16H17N7O/c1-3-23-15(20-10-21-23)11(2)22-16(24)13-8-18-14(19-9-13)12-5-4-6-17-7-12/h4-11H,3H2,1-2H3,(H,22,24)/t11-/m1/s1. The van der Waals surface area contributed by atoms with Gasteiger partial charge in [0.2, 0.25) is 0 Å². The van der Waals surface area contributed by atoms with Gasteiger partial charge in [0.05, 0.1) is 11.6 Å². The van der Waals surface area contributed by atoms with Crippen molar-refractivity contribution in [3.8, 4) is 11.4 Å². The maximum Gasteiger partial charge on any atom is 0.254 e. The van der Waals surface area contributed by atoms with Gasteiger partial charge in [-0.25, -0.2) is 19.6 Å². The van der Waals surface area contributed by atoms with Gasteiger partial charge in [0.25, 0.3) is 5.91 Å². The lowest BCUT2D eigenvalue weighted by Crippen LogP contribution is -2.29. The molecule has 3 heterocycles. The van der Waals surface area contributed by atoms with E-state index in [0.29, 0.717) is 23.8 Å². The Hall–Kier alpha value is -3.16. The lowest BCUT2D eigenvalue weighted by Gasteiger charge is -2.13. The molecule has 0 spiro atoms. The summed E-state index contributed by atoms with van der Waals surface area (Å²) in [6.45, 7) is 4.52. The number of rotatable bonds is 5. The molecule has 1 amide bonds. The maximum absolute atomic E-state index is 12.3. The normalized spacial score (nSPS) is 11.9. The summed E-state index contributed by atoms with van der Waals surface area (Å²) in [5.41, 5.74) is 1.19. The van der Waals surface area contributed by atoms with Crippen LogP contribution in [-0.2, 0) is 6.54 Å². The van der Waals surface area contributed by atoms with Gasteiger partial charge < -0.3 is 5.32 Å². The quantitative estimate of drug-likeness (QED) is 0.766. The Bertz CT molecular complexity index is 814. The van der Waals surface area contributed by atoms with E-state index in [2.05, 4.69) is 30.4 Å². The number of nitrogens with one attached hydrogen (secondary N) is 1. The van der Waals surface area contributed by atoms with Gasteiger partial charge in [0.15, 0.2) is 5.82 Å². The summed E-state index contributed by atoms with van der Waals surface area (Å²) in [6, 6.07) is 3.41. The van der Waals surface area contributed by atoms with Gasteiger partial charge in [-0.05, 0) is 26.0 Å². The van der Waals surface area contributed by atoms with Gasteiger partial charge in [0, 0.05) is 36.9 Å². The van der Waals surface area contributed by atoms with Crippen molar-refractivity contribution in [3.05, 3.63) is 54.6 Å². The van der Waals surface area contributed by atoms with Crippen molar-refractivity contribution < 1.29 is 4.79 Å². The van der Waals surface area contributed by atoms with E-state index in [0.717, 1.165) is 5.56 Å². The molecule has 0 radical (unpaired) electrons. The molecule has 0 aliphatic carbocycles. The van der Waals surface area contributed by atoms with Gasteiger partial charge in [-0.3, -0.25) is 9.78 Å². The second-order valence-electron chi connectivity index (χ2n) is 5.17. The van der Waals surface area contributed by atoms with Crippen LogP contribution in [0.4, 0.5) is 0 Å². The third-order valence-electron chi connectivity index (χ3n) is 3.51. The molecule has 0 aliphatic rings. The molecule has 0 fully saturated rings. The van der Waals surface area contributed by atoms with Crippen molar-refractivity contribution in [1.82, 2.24) is 35.0 Å². The molecule has 122 valence electrons. The lowest BCUT2D eigenvalue weighted by molar-refractivity contribution is 0.0936. The van der Waals surface area contributed by atoms with Crippen LogP contribution in [0.5, 0.6) is 0 Å². The zero-order valence-electron chi connectivity index (χ0n) is 13.4. The Morgan fingerprint density at radius 3 is 2.71 bits per heavy atom. The molecule has 1 N–H and O–H groups in total. The fourth-order valence-corrected chi connectivity index (χ4v) is 2.29. The Balaban J connectivity index is 1.71. The van der Waals surface area contributed by atoms with Gasteiger partial charge in [-0.2, -0.15) is 5.10 Å². The topological polar surface area (TPSA) is 98.5 Å². The Morgan fingerprint density at radius 1 is 1.25 bits per heavy atom. The first-order valence-electron chi connectivity index (χ1n) is 7.60. The number of nitrogens with zero attached hydrogens (tertiary/aromatic N) is 6. The lowest BCUT2D eigenvalue weighted by atomic mass is 10.2. The predicted octanol–water partition coefficient (Wildman–Crippen LogP) is 1.64. The molecule has 0 aliphatic heterocycles. The highest BCUT2D eigenvalue weighted by Crippen LogP contribution is 2.13. The summed E-state index contributed by atoms with van der Waals surface area (Å²) in [5.74, 6) is 0.975. The van der Waals surface area contributed by atoms with Gasteiger partial charge in [-0.15, -0.1) is 0 Å². The predicted molar refractivity (Wildman–Crippen MR) is 86.8 cm³/mol. The van der Waals surface area contributed by atoms with E-state index in [1.54, 1.807) is 17.1 Å². The highest BCUT2D eigenvalue weighted by Gasteiger charge is 2.16. The summed E-state index contributed by atoms with van der Waals surface area (Å²) >= 11 is 0. The van der Waals surface area contributed by atoms with Crippen LogP contribution in [0.2, 0.25) is 0 Å². The van der Waals surface area contributed by atoms with Gasteiger partial charge >= 0.3 is 0 Å². The number of hydrogen-bond donors (Lipinski definition) is 1. The number of aromatic nitrogens is 6. The van der Waals surface area contributed by atoms with Crippen LogP contribution in [0.15, 0.2) is 43.2 Å². The molecule has 24 heavy (non-hydrogen) atoms. The smallest absolute Gasteiger partial charge is 0.254 e. The van der Waals surface area contributed by atoms with Crippen molar-refractivity contribution in [2.45, 2.75) is 26.4 Å². The molecule has 0 unspecified atom stereocenters. The molecule has 0 aromatic carbocycles. The average molecular weight is 323 g/mol. The number of pyridine rings is 1. The van der Waals surface area contributed by atoms with E-state index in [9.17, 15) is 4.79 Å². The molecule has 8 heteroatoms. The summed E-state index contributed by atoms with van der Waals surface area (Å²) < 4.78 is 1.74. The summed E-state index contributed by atoms with van der Waals surface area (Å²) in [6.07, 6.45) is 7.84. The SMILES string of the molecule is CCn1ncnc1[C@@H](C)NC(=O)c1cnc(-c2cccnc2)nc1. The van der Waals surface area contributed by atoms with Crippen LogP contribution in [0, 0.1) is 0 Å². The monoisotopic (exact) mass is 323 g/mol. The number of aryl methyl sites for hydroxylation is 1. The van der Waals surface area contributed by atoms with E-state index in [4.69, 9.17) is 0 Å². The zero-order chi connectivity index (χ0) is 16.9. The van der Waals surface area contributed by atoms with Crippen LogP contribution < -0.4 is 5.32 Å². The minimum Gasteiger partial charge on any atom is -0.342 e. The second kappa shape index (κ2) is 6.95. The van der Waals surface area contributed by atoms with Crippen LogP contribution in [0.25, 0.3) is 11.4 Å². The molecule has 3 aromatic rings.